The van der Waals surface area contributed by atoms with Gasteiger partial charge in [0.2, 0.25) is 0 Å². The van der Waals surface area contributed by atoms with Crippen LogP contribution in [0.15, 0.2) is 12.7 Å². The molecule has 0 rings (SSSR count). The zero-order valence-electron chi connectivity index (χ0n) is 3.73. The molecule has 0 aromatic heterocycles. The third-order valence-corrected chi connectivity index (χ3v) is 1.19. The van der Waals surface area contributed by atoms with Crippen molar-refractivity contribution in [3.05, 3.63) is 12.7 Å². The normalized spacial score (nSPS) is 10.5. The molecular formula is C4H8CoO. The molecule has 0 atom stereocenters. The van der Waals surface area contributed by atoms with Crippen LogP contribution in [-0.4, -0.2) is 0 Å². The third-order valence-electron chi connectivity index (χ3n) is 0.288. The van der Waals surface area contributed by atoms with Gasteiger partial charge in [0.05, 0.1) is 0 Å². The van der Waals surface area contributed by atoms with Crippen molar-refractivity contribution in [2.45, 2.75) is 11.2 Å². The molecule has 0 aliphatic rings. The SMILES string of the molecule is C=C[CH2][Co]([CH3])=[O]. The number of hydrogen-bond donors (Lipinski definition) is 0. The van der Waals surface area contributed by atoms with Crippen molar-refractivity contribution < 1.29 is 17.5 Å². The van der Waals surface area contributed by atoms with Crippen molar-refractivity contribution in [2.75, 3.05) is 0 Å². The van der Waals surface area contributed by atoms with E-state index in [-0.39, 0.29) is 0 Å². The molecule has 0 bridgehead atoms. The van der Waals surface area contributed by atoms with Crippen LogP contribution in [0.1, 0.15) is 0 Å². The van der Waals surface area contributed by atoms with Crippen LogP contribution in [0.4, 0.5) is 0 Å². The molecule has 0 radical (unpaired) electrons. The molecule has 0 aliphatic carbocycles. The molecular weight excluding hydrogens is 123 g/mol. The van der Waals surface area contributed by atoms with Gasteiger partial charge in [-0.25, -0.2) is 0 Å². The molecule has 1 nitrogen and oxygen atoms in total. The number of allylic oxidation sites excluding steroid dienone is 1. The fourth-order valence-corrected chi connectivity index (χ4v) is 0.559. The summed E-state index contributed by atoms with van der Waals surface area (Å²) in [6.45, 7) is 3.42. The Kier molecular flexibility index (Phi) is 3.27. The summed E-state index contributed by atoms with van der Waals surface area (Å²) in [7, 11) is 0. The van der Waals surface area contributed by atoms with E-state index in [0.29, 0.717) is 5.36 Å². The van der Waals surface area contributed by atoms with E-state index in [1.165, 1.54) is 0 Å². The van der Waals surface area contributed by atoms with Crippen LogP contribution in [0, 0.1) is 0 Å². The molecule has 0 N–H and O–H groups in total. The summed E-state index contributed by atoms with van der Waals surface area (Å²) in [6.07, 6.45) is 1.66. The molecule has 0 aliphatic heterocycles. The van der Waals surface area contributed by atoms with E-state index in [2.05, 4.69) is 6.58 Å². The predicted molar refractivity (Wildman–Crippen MR) is 21.6 cm³/mol. The van der Waals surface area contributed by atoms with Gasteiger partial charge in [-0.15, -0.1) is 0 Å². The Morgan fingerprint density at radius 1 is 2.00 bits per heavy atom. The Morgan fingerprint density at radius 3 is 2.50 bits per heavy atom. The van der Waals surface area contributed by atoms with Gasteiger partial charge in [0, 0.05) is 0 Å². The summed E-state index contributed by atoms with van der Waals surface area (Å²) in [6, 6.07) is 0. The Morgan fingerprint density at radius 2 is 2.50 bits per heavy atom. The first-order valence-electron chi connectivity index (χ1n) is 1.52. The molecule has 0 saturated carbocycles. The topological polar surface area (TPSA) is 17.1 Å². The fourth-order valence-electron chi connectivity index (χ4n) is 0.136. The van der Waals surface area contributed by atoms with Gasteiger partial charge in [-0.05, 0) is 0 Å². The van der Waals surface area contributed by atoms with Gasteiger partial charge >= 0.3 is 41.3 Å². The van der Waals surface area contributed by atoms with E-state index >= 15 is 0 Å². The van der Waals surface area contributed by atoms with Crippen LogP contribution in [-0.2, 0) is 17.5 Å². The molecule has 0 heterocycles. The van der Waals surface area contributed by atoms with E-state index in [1.54, 1.807) is 11.9 Å². The van der Waals surface area contributed by atoms with Gasteiger partial charge in [-0.3, -0.25) is 0 Å². The molecule has 39 valence electrons. The first-order valence-corrected chi connectivity index (χ1v) is 3.72. The maximum atomic E-state index is 10.1. The van der Waals surface area contributed by atoms with Crippen LogP contribution in [0.25, 0.3) is 0 Å². The molecule has 0 saturated heterocycles. The first-order chi connectivity index (χ1) is 2.77. The van der Waals surface area contributed by atoms with Crippen LogP contribution in [0.2, 0.25) is 11.2 Å². The summed E-state index contributed by atoms with van der Waals surface area (Å²) in [5.74, 6) is 1.69. The molecule has 6 heavy (non-hydrogen) atoms. The van der Waals surface area contributed by atoms with Gasteiger partial charge in [-0.1, -0.05) is 0 Å². The second kappa shape index (κ2) is 3.24. The van der Waals surface area contributed by atoms with Crippen LogP contribution < -0.4 is 0 Å². The Hall–Kier alpha value is 0.0465. The molecule has 0 spiro atoms. The predicted octanol–water partition coefficient (Wildman–Crippen LogP) is 1.60. The van der Waals surface area contributed by atoms with Crippen molar-refractivity contribution in [3.63, 3.8) is 0 Å². The molecule has 0 unspecified atom stereocenters. The summed E-state index contributed by atoms with van der Waals surface area (Å²) >= 11 is -0.951. The Bertz CT molecular complexity index is 67.9. The monoisotopic (exact) mass is 131 g/mol. The second-order valence-electron chi connectivity index (χ2n) is 0.893. The van der Waals surface area contributed by atoms with Crippen LogP contribution in [0.5, 0.6) is 0 Å². The van der Waals surface area contributed by atoms with Crippen molar-refractivity contribution in [1.29, 1.82) is 0 Å². The van der Waals surface area contributed by atoms with Crippen LogP contribution >= 0.6 is 0 Å². The number of rotatable bonds is 2. The fraction of sp³-hybridized carbons (Fsp3) is 0.500. The van der Waals surface area contributed by atoms with Gasteiger partial charge in [0.25, 0.3) is 0 Å². The van der Waals surface area contributed by atoms with Gasteiger partial charge < -0.3 is 0 Å². The van der Waals surface area contributed by atoms with E-state index in [0.717, 1.165) is 0 Å². The van der Waals surface area contributed by atoms with Crippen molar-refractivity contribution in [1.82, 2.24) is 0 Å². The molecule has 2 heteroatoms. The standard InChI is InChI=1S/C3H5.CH3.Co.O/c1-3-2;;;/h3H,1-2H2;1H3;;. The summed E-state index contributed by atoms with van der Waals surface area (Å²) in [4.78, 5) is 0. The minimum absolute atomic E-state index is 0.646. The van der Waals surface area contributed by atoms with E-state index < -0.39 is 13.6 Å². The van der Waals surface area contributed by atoms with Crippen molar-refractivity contribution >= 4 is 0 Å². The summed E-state index contributed by atoms with van der Waals surface area (Å²) < 4.78 is 10.1. The molecule has 0 fully saturated rings. The Balaban J connectivity index is 3.05. The first kappa shape index (κ1) is 6.05. The van der Waals surface area contributed by atoms with E-state index in [9.17, 15) is 3.87 Å². The summed E-state index contributed by atoms with van der Waals surface area (Å²) in [5, 5.41) is 0.646. The second-order valence-corrected chi connectivity index (χ2v) is 2.78. The van der Waals surface area contributed by atoms with Crippen molar-refractivity contribution in [3.8, 4) is 0 Å². The van der Waals surface area contributed by atoms with Crippen molar-refractivity contribution in [2.24, 2.45) is 0 Å². The maximum absolute atomic E-state index is 10.1. The third kappa shape index (κ3) is 4.05. The summed E-state index contributed by atoms with van der Waals surface area (Å²) in [5.41, 5.74) is 0. The number of hydrogen-bond acceptors (Lipinski definition) is 1. The van der Waals surface area contributed by atoms with Gasteiger partial charge in [0.15, 0.2) is 0 Å². The van der Waals surface area contributed by atoms with E-state index in [1.807, 2.05) is 0 Å². The quantitative estimate of drug-likeness (QED) is 0.520. The average Bonchev–Trinajstić information content (AvgIpc) is 1.35. The molecule has 0 aromatic rings. The molecule has 0 aromatic carbocycles. The van der Waals surface area contributed by atoms with Gasteiger partial charge in [-0.2, -0.15) is 0 Å². The van der Waals surface area contributed by atoms with Gasteiger partial charge in [0.1, 0.15) is 0 Å². The zero-order valence-corrected chi connectivity index (χ0v) is 4.77. The average molecular weight is 131 g/mol. The molecule has 0 amide bonds. The minimum atomic E-state index is -0.951. The van der Waals surface area contributed by atoms with Crippen LogP contribution in [0.3, 0.4) is 0 Å². The zero-order chi connectivity index (χ0) is 4.99. The van der Waals surface area contributed by atoms with E-state index in [4.69, 9.17) is 0 Å². The Labute approximate surface area is 42.0 Å².